The van der Waals surface area contributed by atoms with Crippen LogP contribution in [0.25, 0.3) is 11.0 Å². The molecule has 9 nitrogen and oxygen atoms in total. The molecule has 3 aromatic rings. The number of nitrogens with zero attached hydrogens (tertiary/aromatic N) is 2. The van der Waals surface area contributed by atoms with Crippen LogP contribution in [0.2, 0.25) is 0 Å². The van der Waals surface area contributed by atoms with E-state index in [1.54, 1.807) is 39.5 Å². The van der Waals surface area contributed by atoms with E-state index in [4.69, 9.17) is 19.2 Å². The van der Waals surface area contributed by atoms with Crippen molar-refractivity contribution >= 4 is 28.5 Å². The highest BCUT2D eigenvalue weighted by Gasteiger charge is 2.25. The maximum Gasteiger partial charge on any atom is 0.344 e. The van der Waals surface area contributed by atoms with Crippen molar-refractivity contribution in [2.75, 3.05) is 38.1 Å². The average molecular weight is 497 g/mol. The number of hydrogen-bond acceptors (Lipinski definition) is 9. The quantitative estimate of drug-likeness (QED) is 0.214. The highest BCUT2D eigenvalue weighted by molar-refractivity contribution is 6.08. The van der Waals surface area contributed by atoms with Crippen LogP contribution in [0.15, 0.2) is 36.5 Å². The third kappa shape index (κ3) is 6.54. The molecule has 0 radical (unpaired) electrons. The SMILES string of the molecule is CCCCCC(CO)Nc1c(C(=O)OCC)c(NCc2ccc(OC)cc2OC)nc2cccnc12. The topological polar surface area (TPSA) is 115 Å². The molecule has 0 amide bonds. The van der Waals surface area contributed by atoms with Crippen molar-refractivity contribution in [1.82, 2.24) is 9.97 Å². The van der Waals surface area contributed by atoms with Gasteiger partial charge in [-0.1, -0.05) is 26.2 Å². The molecular formula is C27H36N4O5. The van der Waals surface area contributed by atoms with E-state index < -0.39 is 5.97 Å². The number of benzene rings is 1. The van der Waals surface area contributed by atoms with Gasteiger partial charge in [0.05, 0.1) is 38.6 Å². The zero-order valence-corrected chi connectivity index (χ0v) is 21.5. The smallest absolute Gasteiger partial charge is 0.344 e. The number of aliphatic hydroxyl groups excluding tert-OH is 1. The minimum Gasteiger partial charge on any atom is -0.497 e. The monoisotopic (exact) mass is 496 g/mol. The fourth-order valence-electron chi connectivity index (χ4n) is 3.99. The van der Waals surface area contributed by atoms with Gasteiger partial charge in [-0.25, -0.2) is 9.78 Å². The van der Waals surface area contributed by atoms with Gasteiger partial charge >= 0.3 is 5.97 Å². The maximum absolute atomic E-state index is 13.2. The van der Waals surface area contributed by atoms with E-state index in [1.165, 1.54) is 0 Å². The summed E-state index contributed by atoms with van der Waals surface area (Å²) in [7, 11) is 3.19. The van der Waals surface area contributed by atoms with Gasteiger partial charge in [0.1, 0.15) is 28.4 Å². The summed E-state index contributed by atoms with van der Waals surface area (Å²) in [6.07, 6.45) is 5.52. The van der Waals surface area contributed by atoms with Gasteiger partial charge in [0.2, 0.25) is 0 Å². The molecule has 0 aliphatic rings. The second-order valence-corrected chi connectivity index (χ2v) is 8.35. The Labute approximate surface area is 212 Å². The average Bonchev–Trinajstić information content (AvgIpc) is 2.91. The van der Waals surface area contributed by atoms with E-state index in [1.807, 2.05) is 18.2 Å². The molecule has 0 bridgehead atoms. The summed E-state index contributed by atoms with van der Waals surface area (Å²) in [6.45, 7) is 4.38. The summed E-state index contributed by atoms with van der Waals surface area (Å²) >= 11 is 0. The Hall–Kier alpha value is -3.59. The van der Waals surface area contributed by atoms with Gasteiger partial charge in [0, 0.05) is 30.4 Å². The van der Waals surface area contributed by atoms with Crippen LogP contribution in [-0.4, -0.2) is 54.5 Å². The number of nitrogens with one attached hydrogen (secondary N) is 2. The lowest BCUT2D eigenvalue weighted by Gasteiger charge is -2.22. The third-order valence-corrected chi connectivity index (χ3v) is 5.89. The molecule has 36 heavy (non-hydrogen) atoms. The molecule has 194 valence electrons. The zero-order chi connectivity index (χ0) is 25.9. The molecule has 9 heteroatoms. The second-order valence-electron chi connectivity index (χ2n) is 8.35. The van der Waals surface area contributed by atoms with Crippen LogP contribution in [-0.2, 0) is 11.3 Å². The van der Waals surface area contributed by atoms with Crippen LogP contribution >= 0.6 is 0 Å². The van der Waals surface area contributed by atoms with E-state index in [0.29, 0.717) is 40.6 Å². The maximum atomic E-state index is 13.2. The minimum atomic E-state index is -0.519. The van der Waals surface area contributed by atoms with Crippen LogP contribution in [0.5, 0.6) is 11.5 Å². The van der Waals surface area contributed by atoms with Crippen molar-refractivity contribution in [1.29, 1.82) is 0 Å². The van der Waals surface area contributed by atoms with E-state index in [-0.39, 0.29) is 24.8 Å². The van der Waals surface area contributed by atoms with Crippen LogP contribution in [0.1, 0.15) is 55.5 Å². The van der Waals surface area contributed by atoms with Crippen molar-refractivity contribution in [2.24, 2.45) is 0 Å². The number of carbonyl (C=O) groups is 1. The number of ether oxygens (including phenoxy) is 3. The highest BCUT2D eigenvalue weighted by Crippen LogP contribution is 2.33. The first kappa shape index (κ1) is 27.0. The standard InChI is InChI=1S/C27H36N4O5/c1-5-7-8-10-19(17-32)30-25-23(27(33)36-6-2)26(31-21-11-9-14-28-24(21)25)29-16-18-12-13-20(34-3)15-22(18)35-4/h9,11-15,19,32H,5-8,10,16-17H2,1-4H3,(H2,29,30,31). The summed E-state index contributed by atoms with van der Waals surface area (Å²) in [5.41, 5.74) is 2.77. The highest BCUT2D eigenvalue weighted by atomic mass is 16.5. The molecule has 0 saturated carbocycles. The minimum absolute atomic E-state index is 0.0750. The lowest BCUT2D eigenvalue weighted by atomic mass is 10.1. The van der Waals surface area contributed by atoms with Crippen LogP contribution < -0.4 is 20.1 Å². The van der Waals surface area contributed by atoms with Crippen molar-refractivity contribution in [2.45, 2.75) is 52.1 Å². The summed E-state index contributed by atoms with van der Waals surface area (Å²) in [5, 5.41) is 16.7. The molecule has 3 N–H and O–H groups in total. The number of rotatable bonds is 14. The molecule has 0 spiro atoms. The van der Waals surface area contributed by atoms with Gasteiger partial charge in [-0.15, -0.1) is 0 Å². The van der Waals surface area contributed by atoms with Crippen LogP contribution in [0, 0.1) is 0 Å². The number of aromatic nitrogens is 2. The molecule has 2 heterocycles. The molecule has 1 atom stereocenters. The Morgan fingerprint density at radius 3 is 2.67 bits per heavy atom. The Bertz CT molecular complexity index is 1150. The molecular weight excluding hydrogens is 460 g/mol. The normalized spacial score (nSPS) is 11.7. The van der Waals surface area contributed by atoms with Crippen molar-refractivity contribution in [3.63, 3.8) is 0 Å². The van der Waals surface area contributed by atoms with Gasteiger partial charge in [0.25, 0.3) is 0 Å². The van der Waals surface area contributed by atoms with Crippen LogP contribution in [0.3, 0.4) is 0 Å². The summed E-state index contributed by atoms with van der Waals surface area (Å²) < 4.78 is 16.2. The Balaban J connectivity index is 2.05. The van der Waals surface area contributed by atoms with Crippen molar-refractivity contribution < 1.29 is 24.1 Å². The first-order valence-corrected chi connectivity index (χ1v) is 12.3. The predicted molar refractivity (Wildman–Crippen MR) is 141 cm³/mol. The largest absolute Gasteiger partial charge is 0.497 e. The Morgan fingerprint density at radius 1 is 1.14 bits per heavy atom. The number of carbonyl (C=O) groups excluding carboxylic acids is 1. The number of anilines is 2. The predicted octanol–water partition coefficient (Wildman–Crippen LogP) is 4.79. The third-order valence-electron chi connectivity index (χ3n) is 5.89. The van der Waals surface area contributed by atoms with Gasteiger partial charge in [-0.05, 0) is 37.6 Å². The molecule has 1 aromatic carbocycles. The van der Waals surface area contributed by atoms with Gasteiger partial charge in [0.15, 0.2) is 0 Å². The number of fused-ring (bicyclic) bond motifs is 1. The molecule has 0 fully saturated rings. The number of aliphatic hydroxyl groups is 1. The molecule has 0 saturated heterocycles. The first-order chi connectivity index (χ1) is 17.6. The second kappa shape index (κ2) is 13.5. The van der Waals surface area contributed by atoms with Crippen LogP contribution in [0.4, 0.5) is 11.5 Å². The van der Waals surface area contributed by atoms with Gasteiger partial charge < -0.3 is 30.0 Å². The van der Waals surface area contributed by atoms with E-state index in [0.717, 1.165) is 31.2 Å². The van der Waals surface area contributed by atoms with E-state index >= 15 is 0 Å². The molecule has 1 unspecified atom stereocenters. The Kier molecular flexibility index (Phi) is 10.1. The molecule has 0 aliphatic heterocycles. The Morgan fingerprint density at radius 2 is 1.97 bits per heavy atom. The first-order valence-electron chi connectivity index (χ1n) is 12.3. The lowest BCUT2D eigenvalue weighted by molar-refractivity contribution is 0.0528. The molecule has 0 aliphatic carbocycles. The number of esters is 1. The fraction of sp³-hybridized carbons (Fsp3) is 0.444. The van der Waals surface area contributed by atoms with Gasteiger partial charge in [-0.2, -0.15) is 0 Å². The van der Waals surface area contributed by atoms with Gasteiger partial charge in [-0.3, -0.25) is 4.98 Å². The van der Waals surface area contributed by atoms with Crippen molar-refractivity contribution in [3.8, 4) is 11.5 Å². The summed E-state index contributed by atoms with van der Waals surface area (Å²) in [5.74, 6) is 1.17. The molecule has 3 rings (SSSR count). The summed E-state index contributed by atoms with van der Waals surface area (Å²) in [6, 6.07) is 8.93. The lowest BCUT2D eigenvalue weighted by Crippen LogP contribution is -2.26. The van der Waals surface area contributed by atoms with Crippen molar-refractivity contribution in [3.05, 3.63) is 47.7 Å². The fourth-order valence-corrected chi connectivity index (χ4v) is 3.99. The summed E-state index contributed by atoms with van der Waals surface area (Å²) in [4.78, 5) is 22.4. The number of hydrogen-bond donors (Lipinski definition) is 3. The number of unbranched alkanes of at least 4 members (excludes halogenated alkanes) is 2. The number of methoxy groups -OCH3 is 2. The number of pyridine rings is 2. The molecule has 2 aromatic heterocycles. The van der Waals surface area contributed by atoms with E-state index in [2.05, 4.69) is 22.5 Å². The van der Waals surface area contributed by atoms with E-state index in [9.17, 15) is 9.90 Å². The zero-order valence-electron chi connectivity index (χ0n) is 21.5.